The SMILES string of the molecule is CCN1CCN(c2ccc(Nc3ncc4c(n3)N(C3CCCC3)C(=O)C3(CC3)O4)nc2)CC1. The largest absolute Gasteiger partial charge is 0.472 e. The Hall–Kier alpha value is -2.94. The van der Waals surface area contributed by atoms with Gasteiger partial charge < -0.3 is 19.9 Å². The molecule has 4 heterocycles. The van der Waals surface area contributed by atoms with E-state index in [1.165, 1.54) is 0 Å². The summed E-state index contributed by atoms with van der Waals surface area (Å²) in [5.41, 5.74) is 0.456. The molecule has 0 aromatic carbocycles. The summed E-state index contributed by atoms with van der Waals surface area (Å²) in [4.78, 5) is 33.7. The summed E-state index contributed by atoms with van der Waals surface area (Å²) in [6.07, 6.45) is 9.48. The molecule has 1 saturated heterocycles. The van der Waals surface area contributed by atoms with Crippen LogP contribution in [0.2, 0.25) is 0 Å². The van der Waals surface area contributed by atoms with Gasteiger partial charge in [0.05, 0.1) is 18.1 Å². The van der Waals surface area contributed by atoms with Gasteiger partial charge in [-0.15, -0.1) is 0 Å². The Labute approximate surface area is 194 Å². The summed E-state index contributed by atoms with van der Waals surface area (Å²) >= 11 is 0. The molecule has 2 aliphatic heterocycles. The van der Waals surface area contributed by atoms with Crippen molar-refractivity contribution in [1.29, 1.82) is 0 Å². The summed E-state index contributed by atoms with van der Waals surface area (Å²) in [6, 6.07) is 4.25. The molecule has 0 atom stereocenters. The van der Waals surface area contributed by atoms with Crippen LogP contribution >= 0.6 is 0 Å². The fourth-order valence-corrected chi connectivity index (χ4v) is 5.25. The molecule has 174 valence electrons. The van der Waals surface area contributed by atoms with Crippen LogP contribution in [0.4, 0.5) is 23.3 Å². The van der Waals surface area contributed by atoms with Gasteiger partial charge in [-0.05, 0) is 31.5 Å². The zero-order chi connectivity index (χ0) is 22.4. The van der Waals surface area contributed by atoms with Gasteiger partial charge in [0.15, 0.2) is 17.2 Å². The Morgan fingerprint density at radius 1 is 1.09 bits per heavy atom. The van der Waals surface area contributed by atoms with Gasteiger partial charge in [0.2, 0.25) is 5.95 Å². The molecule has 9 heteroatoms. The van der Waals surface area contributed by atoms with Crippen molar-refractivity contribution in [3.63, 3.8) is 0 Å². The first-order valence-electron chi connectivity index (χ1n) is 12.3. The average Bonchev–Trinajstić information content (AvgIpc) is 3.42. The maximum absolute atomic E-state index is 13.3. The Bertz CT molecular complexity index is 1030. The number of rotatable bonds is 5. The molecule has 3 fully saturated rings. The lowest BCUT2D eigenvalue weighted by Crippen LogP contribution is -2.52. The van der Waals surface area contributed by atoms with Crippen LogP contribution in [-0.4, -0.2) is 70.1 Å². The fourth-order valence-electron chi connectivity index (χ4n) is 5.25. The van der Waals surface area contributed by atoms with Gasteiger partial charge >= 0.3 is 0 Å². The van der Waals surface area contributed by atoms with Crippen LogP contribution in [0.1, 0.15) is 45.4 Å². The number of fused-ring (bicyclic) bond motifs is 1. The minimum Gasteiger partial charge on any atom is -0.472 e. The van der Waals surface area contributed by atoms with Gasteiger partial charge in [0.25, 0.3) is 5.91 Å². The maximum atomic E-state index is 13.3. The molecule has 33 heavy (non-hydrogen) atoms. The van der Waals surface area contributed by atoms with Crippen molar-refractivity contribution in [1.82, 2.24) is 19.9 Å². The second-order valence-electron chi connectivity index (χ2n) is 9.54. The first-order chi connectivity index (χ1) is 16.1. The molecule has 2 saturated carbocycles. The molecule has 1 amide bonds. The van der Waals surface area contributed by atoms with E-state index >= 15 is 0 Å². The lowest BCUT2D eigenvalue weighted by molar-refractivity contribution is -0.128. The predicted molar refractivity (Wildman–Crippen MR) is 126 cm³/mol. The van der Waals surface area contributed by atoms with E-state index in [-0.39, 0.29) is 11.9 Å². The minimum absolute atomic E-state index is 0.0669. The van der Waals surface area contributed by atoms with Gasteiger partial charge in [-0.1, -0.05) is 19.8 Å². The Balaban J connectivity index is 1.20. The topological polar surface area (TPSA) is 86.7 Å². The molecule has 1 N–H and O–H groups in total. The highest BCUT2D eigenvalue weighted by Gasteiger charge is 2.59. The van der Waals surface area contributed by atoms with E-state index in [1.54, 1.807) is 6.20 Å². The van der Waals surface area contributed by atoms with Crippen LogP contribution in [-0.2, 0) is 4.79 Å². The molecule has 2 aromatic rings. The van der Waals surface area contributed by atoms with Gasteiger partial charge in [-0.3, -0.25) is 9.69 Å². The third-order valence-electron chi connectivity index (χ3n) is 7.44. The number of hydrogen-bond acceptors (Lipinski definition) is 8. The van der Waals surface area contributed by atoms with Crippen LogP contribution in [0.25, 0.3) is 0 Å². The van der Waals surface area contributed by atoms with Crippen LogP contribution < -0.4 is 19.9 Å². The third kappa shape index (κ3) is 3.78. The quantitative estimate of drug-likeness (QED) is 0.746. The molecule has 4 aliphatic rings. The number of carbonyl (C=O) groups is 1. The van der Waals surface area contributed by atoms with Crippen molar-refractivity contribution >= 4 is 29.2 Å². The van der Waals surface area contributed by atoms with E-state index in [4.69, 9.17) is 9.72 Å². The van der Waals surface area contributed by atoms with Gasteiger partial charge in [-0.2, -0.15) is 4.98 Å². The van der Waals surface area contributed by atoms with E-state index in [0.29, 0.717) is 23.3 Å². The average molecular weight is 450 g/mol. The number of piperazine rings is 1. The van der Waals surface area contributed by atoms with E-state index in [1.807, 2.05) is 17.2 Å². The Morgan fingerprint density at radius 2 is 1.88 bits per heavy atom. The van der Waals surface area contributed by atoms with Gasteiger partial charge in [-0.25, -0.2) is 9.97 Å². The summed E-state index contributed by atoms with van der Waals surface area (Å²) < 4.78 is 6.07. The molecule has 6 rings (SSSR count). The Kier molecular flexibility index (Phi) is 5.09. The summed E-state index contributed by atoms with van der Waals surface area (Å²) in [6.45, 7) is 7.51. The standard InChI is InChI=1S/C24H31N7O2/c1-2-29-11-13-30(14-12-29)18-7-8-20(25-15-18)27-23-26-16-19-21(28-23)31(17-5-3-4-6-17)22(32)24(33-19)9-10-24/h7-8,15-17H,2-6,9-14H2,1H3,(H,25,26,27,28). The smallest absolute Gasteiger partial charge is 0.272 e. The highest BCUT2D eigenvalue weighted by molar-refractivity contribution is 6.04. The summed E-state index contributed by atoms with van der Waals surface area (Å²) in [5.74, 6) is 2.38. The minimum atomic E-state index is -0.673. The molecule has 2 aromatic heterocycles. The molecular formula is C24H31N7O2. The number of amides is 1. The molecule has 9 nitrogen and oxygen atoms in total. The predicted octanol–water partition coefficient (Wildman–Crippen LogP) is 2.96. The number of ether oxygens (including phenoxy) is 1. The lowest BCUT2D eigenvalue weighted by atomic mass is 10.1. The number of aromatic nitrogens is 3. The zero-order valence-electron chi connectivity index (χ0n) is 19.2. The second-order valence-corrected chi connectivity index (χ2v) is 9.54. The van der Waals surface area contributed by atoms with E-state index in [2.05, 4.69) is 38.1 Å². The van der Waals surface area contributed by atoms with Crippen molar-refractivity contribution < 1.29 is 9.53 Å². The second kappa shape index (κ2) is 8.13. The lowest BCUT2D eigenvalue weighted by Gasteiger charge is -2.37. The van der Waals surface area contributed by atoms with E-state index < -0.39 is 5.60 Å². The molecule has 2 aliphatic carbocycles. The van der Waals surface area contributed by atoms with Crippen molar-refractivity contribution in [3.8, 4) is 5.75 Å². The first kappa shape index (κ1) is 20.7. The maximum Gasteiger partial charge on any atom is 0.272 e. The van der Waals surface area contributed by atoms with Gasteiger partial charge in [0.1, 0.15) is 5.82 Å². The zero-order valence-corrected chi connectivity index (χ0v) is 19.2. The molecule has 1 spiro atoms. The van der Waals surface area contributed by atoms with Crippen molar-refractivity contribution in [2.75, 3.05) is 47.8 Å². The van der Waals surface area contributed by atoms with Gasteiger partial charge in [0, 0.05) is 45.1 Å². The monoisotopic (exact) mass is 449 g/mol. The van der Waals surface area contributed by atoms with E-state index in [0.717, 1.165) is 76.9 Å². The number of nitrogens with one attached hydrogen (secondary N) is 1. The van der Waals surface area contributed by atoms with Crippen LogP contribution in [0.5, 0.6) is 5.75 Å². The molecule has 0 radical (unpaired) electrons. The number of anilines is 4. The molecule has 0 unspecified atom stereocenters. The third-order valence-corrected chi connectivity index (χ3v) is 7.44. The van der Waals surface area contributed by atoms with Crippen LogP contribution in [0.15, 0.2) is 24.5 Å². The molecular weight excluding hydrogens is 418 g/mol. The number of nitrogens with zero attached hydrogens (tertiary/aromatic N) is 6. The molecule has 0 bridgehead atoms. The number of likely N-dealkylation sites (N-methyl/N-ethyl adjacent to an activating group) is 1. The summed E-state index contributed by atoms with van der Waals surface area (Å²) in [7, 11) is 0. The fraction of sp³-hybridized carbons (Fsp3) is 0.583. The normalized spacial score (nSPS) is 22.4. The van der Waals surface area contributed by atoms with Crippen molar-refractivity contribution in [2.45, 2.75) is 57.1 Å². The first-order valence-corrected chi connectivity index (χ1v) is 12.3. The van der Waals surface area contributed by atoms with Crippen molar-refractivity contribution in [2.24, 2.45) is 0 Å². The van der Waals surface area contributed by atoms with Crippen LogP contribution in [0.3, 0.4) is 0 Å². The summed E-state index contributed by atoms with van der Waals surface area (Å²) in [5, 5.41) is 3.21. The highest BCUT2D eigenvalue weighted by Crippen LogP contribution is 2.50. The van der Waals surface area contributed by atoms with Crippen molar-refractivity contribution in [3.05, 3.63) is 24.5 Å². The highest BCUT2D eigenvalue weighted by atomic mass is 16.5. The Morgan fingerprint density at radius 3 is 2.55 bits per heavy atom. The number of carbonyl (C=O) groups excluding carboxylic acids is 1. The van der Waals surface area contributed by atoms with Crippen LogP contribution in [0, 0.1) is 0 Å². The number of pyridine rings is 1. The van der Waals surface area contributed by atoms with E-state index in [9.17, 15) is 4.79 Å². The number of hydrogen-bond donors (Lipinski definition) is 1.